The molecule has 1 aliphatic heterocycles. The third kappa shape index (κ3) is 6.10. The van der Waals surface area contributed by atoms with Crippen LogP contribution >= 0.6 is 0 Å². The predicted molar refractivity (Wildman–Crippen MR) is 135 cm³/mol. The van der Waals surface area contributed by atoms with Crippen molar-refractivity contribution in [1.29, 1.82) is 0 Å². The molecule has 1 heterocycles. The second-order valence-corrected chi connectivity index (χ2v) is 10.1. The average Bonchev–Trinajstić information content (AvgIpc) is 3.65. The van der Waals surface area contributed by atoms with E-state index in [9.17, 15) is 14.7 Å². The number of rotatable bonds is 10. The lowest BCUT2D eigenvalue weighted by molar-refractivity contribution is -0.129. The van der Waals surface area contributed by atoms with Gasteiger partial charge in [0.1, 0.15) is 13.2 Å². The molecule has 2 N–H and O–H groups in total. The summed E-state index contributed by atoms with van der Waals surface area (Å²) in [5.41, 5.74) is 1.29. The number of amides is 2. The van der Waals surface area contributed by atoms with Crippen molar-refractivity contribution in [3.8, 4) is 11.5 Å². The van der Waals surface area contributed by atoms with Crippen LogP contribution in [0.4, 0.5) is 4.79 Å². The van der Waals surface area contributed by atoms with Crippen molar-refractivity contribution in [2.45, 2.75) is 45.3 Å². The zero-order valence-electron chi connectivity index (χ0n) is 21.2. The van der Waals surface area contributed by atoms with Gasteiger partial charge in [0, 0.05) is 24.4 Å². The van der Waals surface area contributed by atoms with Crippen LogP contribution in [0.25, 0.3) is 0 Å². The number of benzene rings is 2. The van der Waals surface area contributed by atoms with Crippen LogP contribution in [0.3, 0.4) is 0 Å². The summed E-state index contributed by atoms with van der Waals surface area (Å²) in [5.74, 6) is 1.62. The van der Waals surface area contributed by atoms with E-state index < -0.39 is 17.6 Å². The summed E-state index contributed by atoms with van der Waals surface area (Å²) >= 11 is 0. The van der Waals surface area contributed by atoms with E-state index in [0.29, 0.717) is 37.1 Å². The van der Waals surface area contributed by atoms with Gasteiger partial charge in [-0.2, -0.15) is 0 Å². The topological polar surface area (TPSA) is 97.3 Å². The number of nitrogens with zero attached hydrogens (tertiary/aromatic N) is 1. The number of carbonyl (C=O) groups excluding carboxylic acids is 2. The molecule has 2 amide bonds. The Bertz CT molecular complexity index is 1060. The molecule has 36 heavy (non-hydrogen) atoms. The molecule has 2 aromatic rings. The van der Waals surface area contributed by atoms with Gasteiger partial charge in [0.15, 0.2) is 11.5 Å². The highest BCUT2D eigenvalue weighted by molar-refractivity contribution is 5.82. The largest absolute Gasteiger partial charge is 0.493 e. The average molecular weight is 497 g/mol. The summed E-state index contributed by atoms with van der Waals surface area (Å²) in [5, 5.41) is 13.3. The first-order valence-corrected chi connectivity index (χ1v) is 12.5. The molecule has 8 heteroatoms. The SMILES string of the molecule is COc1ccc([C@@H]2CN(C(=O)CNC(=O)OCc3ccccc3)C[C@@]2(C)C(C)O)cc1OCC1CC1. The lowest BCUT2D eigenvalue weighted by atomic mass is 9.72. The predicted octanol–water partition coefficient (Wildman–Crippen LogP) is 3.72. The van der Waals surface area contributed by atoms with Gasteiger partial charge >= 0.3 is 6.09 Å². The normalized spacial score (nSPS) is 22.1. The zero-order valence-corrected chi connectivity index (χ0v) is 21.2. The summed E-state index contributed by atoms with van der Waals surface area (Å²) in [7, 11) is 1.62. The molecule has 2 fully saturated rings. The first kappa shape index (κ1) is 25.8. The van der Waals surface area contributed by atoms with Crippen LogP contribution in [0, 0.1) is 11.3 Å². The molecule has 194 valence electrons. The molecule has 8 nitrogen and oxygen atoms in total. The maximum absolute atomic E-state index is 13.0. The molecule has 0 bridgehead atoms. The first-order valence-electron chi connectivity index (χ1n) is 12.5. The molecule has 2 aromatic carbocycles. The smallest absolute Gasteiger partial charge is 0.407 e. The Labute approximate surface area is 212 Å². The van der Waals surface area contributed by atoms with Crippen molar-refractivity contribution in [2.24, 2.45) is 11.3 Å². The lowest BCUT2D eigenvalue weighted by Gasteiger charge is -2.33. The third-order valence-electron chi connectivity index (χ3n) is 7.40. The van der Waals surface area contributed by atoms with Crippen molar-refractivity contribution in [1.82, 2.24) is 10.2 Å². The van der Waals surface area contributed by atoms with E-state index >= 15 is 0 Å². The minimum Gasteiger partial charge on any atom is -0.493 e. The Morgan fingerprint density at radius 3 is 2.58 bits per heavy atom. The number of aliphatic hydroxyl groups is 1. The van der Waals surface area contributed by atoms with E-state index in [1.54, 1.807) is 18.9 Å². The standard InChI is InChI=1S/C28H36N2O6/c1-19(31)28(2)18-30(26(32)14-29-27(33)36-17-20-7-5-4-6-8-20)15-23(28)22-11-12-24(34-3)25(13-22)35-16-21-9-10-21/h4-8,11-13,19,21,23,31H,9-10,14-18H2,1-3H3,(H,29,33)/t19?,23-,28-/m0/s1. The van der Waals surface area contributed by atoms with Gasteiger partial charge in [0.2, 0.25) is 5.91 Å². The quantitative estimate of drug-likeness (QED) is 0.520. The number of methoxy groups -OCH3 is 1. The summed E-state index contributed by atoms with van der Waals surface area (Å²) in [6.45, 7) is 5.17. The zero-order chi connectivity index (χ0) is 25.7. The van der Waals surface area contributed by atoms with E-state index in [0.717, 1.165) is 11.1 Å². The van der Waals surface area contributed by atoms with Gasteiger partial charge in [-0.25, -0.2) is 4.79 Å². The van der Waals surface area contributed by atoms with Crippen LogP contribution in [0.15, 0.2) is 48.5 Å². The first-order chi connectivity index (χ1) is 17.3. The Morgan fingerprint density at radius 2 is 1.92 bits per heavy atom. The van der Waals surface area contributed by atoms with E-state index in [-0.39, 0.29) is 25.0 Å². The molecule has 2 aliphatic rings. The van der Waals surface area contributed by atoms with Crippen molar-refractivity contribution in [3.05, 3.63) is 59.7 Å². The molecule has 0 spiro atoms. The highest BCUT2D eigenvalue weighted by Crippen LogP contribution is 2.47. The maximum Gasteiger partial charge on any atom is 0.407 e. The van der Waals surface area contributed by atoms with E-state index in [2.05, 4.69) is 5.32 Å². The van der Waals surface area contributed by atoms with E-state index in [4.69, 9.17) is 14.2 Å². The number of aliphatic hydroxyl groups excluding tert-OH is 1. The van der Waals surface area contributed by atoms with Crippen molar-refractivity contribution in [3.63, 3.8) is 0 Å². The van der Waals surface area contributed by atoms with Gasteiger partial charge in [-0.3, -0.25) is 4.79 Å². The molecule has 1 aliphatic carbocycles. The van der Waals surface area contributed by atoms with Crippen LogP contribution in [0.1, 0.15) is 43.7 Å². The highest BCUT2D eigenvalue weighted by Gasteiger charge is 2.48. The van der Waals surface area contributed by atoms with E-state index in [1.807, 2.05) is 55.5 Å². The van der Waals surface area contributed by atoms with Crippen molar-refractivity contribution < 1.29 is 28.9 Å². The fourth-order valence-electron chi connectivity index (χ4n) is 4.66. The molecule has 0 aromatic heterocycles. The van der Waals surface area contributed by atoms with Crippen LogP contribution in [0.5, 0.6) is 11.5 Å². The summed E-state index contributed by atoms with van der Waals surface area (Å²) in [6, 6.07) is 15.2. The number of nitrogens with one attached hydrogen (secondary N) is 1. The number of hydrogen-bond acceptors (Lipinski definition) is 6. The second kappa shape index (κ2) is 11.2. The molecule has 1 saturated heterocycles. The monoisotopic (exact) mass is 496 g/mol. The fraction of sp³-hybridized carbons (Fsp3) is 0.500. The lowest BCUT2D eigenvalue weighted by Crippen LogP contribution is -2.41. The van der Waals surface area contributed by atoms with Gasteiger partial charge in [-0.1, -0.05) is 43.3 Å². The molecule has 3 atom stereocenters. The molecule has 0 radical (unpaired) electrons. The van der Waals surface area contributed by atoms with Gasteiger partial charge in [0.05, 0.1) is 19.8 Å². The number of alkyl carbamates (subject to hydrolysis) is 1. The van der Waals surface area contributed by atoms with Crippen LogP contribution in [-0.2, 0) is 16.1 Å². The molecule has 1 unspecified atom stereocenters. The van der Waals surface area contributed by atoms with Crippen LogP contribution in [-0.4, -0.2) is 61.5 Å². The Balaban J connectivity index is 1.39. The Morgan fingerprint density at radius 1 is 1.17 bits per heavy atom. The van der Waals surface area contributed by atoms with Gasteiger partial charge in [-0.05, 0) is 48.9 Å². The van der Waals surface area contributed by atoms with E-state index in [1.165, 1.54) is 12.8 Å². The number of hydrogen-bond donors (Lipinski definition) is 2. The van der Waals surface area contributed by atoms with Gasteiger partial charge in [-0.15, -0.1) is 0 Å². The van der Waals surface area contributed by atoms with Crippen molar-refractivity contribution >= 4 is 12.0 Å². The summed E-state index contributed by atoms with van der Waals surface area (Å²) in [6.07, 6.45) is 1.08. The number of carbonyl (C=O) groups is 2. The maximum atomic E-state index is 13.0. The van der Waals surface area contributed by atoms with Crippen LogP contribution < -0.4 is 14.8 Å². The van der Waals surface area contributed by atoms with Gasteiger partial charge < -0.3 is 29.5 Å². The minimum atomic E-state index is -0.651. The molecular weight excluding hydrogens is 460 g/mol. The Kier molecular flexibility index (Phi) is 8.04. The van der Waals surface area contributed by atoms with Gasteiger partial charge in [0.25, 0.3) is 0 Å². The summed E-state index contributed by atoms with van der Waals surface area (Å²) < 4.78 is 16.7. The fourth-order valence-corrected chi connectivity index (χ4v) is 4.66. The van der Waals surface area contributed by atoms with Crippen LogP contribution in [0.2, 0.25) is 0 Å². The third-order valence-corrected chi connectivity index (χ3v) is 7.40. The van der Waals surface area contributed by atoms with Crippen molar-refractivity contribution in [2.75, 3.05) is 33.4 Å². The number of likely N-dealkylation sites (tertiary alicyclic amines) is 1. The second-order valence-electron chi connectivity index (χ2n) is 10.1. The molecule has 4 rings (SSSR count). The minimum absolute atomic E-state index is 0.110. The summed E-state index contributed by atoms with van der Waals surface area (Å²) in [4.78, 5) is 26.8. The Hall–Kier alpha value is -3.26. The molecular formula is C28H36N2O6. The molecule has 1 saturated carbocycles. The highest BCUT2D eigenvalue weighted by atomic mass is 16.5. The number of ether oxygens (including phenoxy) is 3.